The largest absolute Gasteiger partial charge is 0.339 e. The molecule has 3 aromatic rings. The number of amides is 1. The first-order chi connectivity index (χ1) is 12.6. The van der Waals surface area contributed by atoms with E-state index < -0.39 is 0 Å². The minimum absolute atomic E-state index is 0.0745. The predicted molar refractivity (Wildman–Crippen MR) is 100 cm³/mol. The first-order valence-corrected chi connectivity index (χ1v) is 9.00. The molecule has 1 aliphatic heterocycles. The lowest BCUT2D eigenvalue weighted by molar-refractivity contribution is -0.117. The van der Waals surface area contributed by atoms with Gasteiger partial charge in [-0.25, -0.2) is 0 Å². The number of carbonyl (C=O) groups excluding carboxylic acids is 1. The maximum Gasteiger partial charge on any atom is 0.232 e. The maximum absolute atomic E-state index is 12.4. The van der Waals surface area contributed by atoms with Gasteiger partial charge in [0.05, 0.1) is 5.92 Å². The van der Waals surface area contributed by atoms with Gasteiger partial charge in [-0.3, -0.25) is 4.79 Å². The standard InChI is InChI=1S/C20H18ClN3O2/c1-2-13-3-9-17(10-4-13)24-12-15(11-18(24)25)20-22-19(23-26-20)14-5-7-16(21)8-6-14/h3-10,15H,2,11-12H2,1H3/t15-/m0/s1. The zero-order valence-electron chi connectivity index (χ0n) is 14.4. The van der Waals surface area contributed by atoms with Crippen LogP contribution in [0.5, 0.6) is 0 Å². The highest BCUT2D eigenvalue weighted by molar-refractivity contribution is 6.30. The van der Waals surface area contributed by atoms with Crippen molar-refractivity contribution in [1.29, 1.82) is 0 Å². The van der Waals surface area contributed by atoms with Crippen molar-refractivity contribution in [3.63, 3.8) is 0 Å². The average molecular weight is 368 g/mol. The number of anilines is 1. The molecule has 0 radical (unpaired) electrons. The molecule has 132 valence electrons. The van der Waals surface area contributed by atoms with Gasteiger partial charge in [-0.2, -0.15) is 4.98 Å². The zero-order valence-corrected chi connectivity index (χ0v) is 15.1. The Bertz CT molecular complexity index is 919. The Hall–Kier alpha value is -2.66. The second-order valence-corrected chi connectivity index (χ2v) is 6.82. The van der Waals surface area contributed by atoms with Crippen molar-refractivity contribution < 1.29 is 9.32 Å². The van der Waals surface area contributed by atoms with E-state index >= 15 is 0 Å². The third-order valence-corrected chi connectivity index (χ3v) is 4.93. The Kier molecular flexibility index (Phi) is 4.47. The highest BCUT2D eigenvalue weighted by Crippen LogP contribution is 2.32. The van der Waals surface area contributed by atoms with Crippen LogP contribution in [0.15, 0.2) is 53.1 Å². The van der Waals surface area contributed by atoms with Crippen LogP contribution < -0.4 is 4.90 Å². The Morgan fingerprint density at radius 3 is 2.58 bits per heavy atom. The van der Waals surface area contributed by atoms with Crippen molar-refractivity contribution >= 4 is 23.2 Å². The van der Waals surface area contributed by atoms with E-state index in [1.807, 2.05) is 24.3 Å². The summed E-state index contributed by atoms with van der Waals surface area (Å²) in [6.07, 6.45) is 1.35. The summed E-state index contributed by atoms with van der Waals surface area (Å²) in [6.45, 7) is 2.66. The summed E-state index contributed by atoms with van der Waals surface area (Å²) in [4.78, 5) is 18.7. The molecule has 2 heterocycles. The number of carbonyl (C=O) groups is 1. The molecular weight excluding hydrogens is 350 g/mol. The van der Waals surface area contributed by atoms with Gasteiger partial charge in [-0.05, 0) is 48.4 Å². The van der Waals surface area contributed by atoms with Crippen LogP contribution in [-0.2, 0) is 11.2 Å². The summed E-state index contributed by atoms with van der Waals surface area (Å²) in [7, 11) is 0. The van der Waals surface area contributed by atoms with Crippen molar-refractivity contribution in [2.45, 2.75) is 25.7 Å². The van der Waals surface area contributed by atoms with E-state index in [0.717, 1.165) is 17.7 Å². The van der Waals surface area contributed by atoms with Crippen LogP contribution in [0.2, 0.25) is 5.02 Å². The van der Waals surface area contributed by atoms with Crippen LogP contribution >= 0.6 is 11.6 Å². The number of benzene rings is 2. The Morgan fingerprint density at radius 1 is 1.15 bits per heavy atom. The first-order valence-electron chi connectivity index (χ1n) is 8.63. The van der Waals surface area contributed by atoms with Crippen molar-refractivity contribution in [3.8, 4) is 11.4 Å². The van der Waals surface area contributed by atoms with E-state index in [1.165, 1.54) is 5.56 Å². The number of nitrogens with zero attached hydrogens (tertiary/aromatic N) is 3. The third-order valence-electron chi connectivity index (χ3n) is 4.67. The van der Waals surface area contributed by atoms with Crippen LogP contribution in [-0.4, -0.2) is 22.6 Å². The lowest BCUT2D eigenvalue weighted by atomic mass is 10.1. The summed E-state index contributed by atoms with van der Waals surface area (Å²) < 4.78 is 5.43. The molecule has 1 amide bonds. The van der Waals surface area contributed by atoms with Gasteiger partial charge in [-0.1, -0.05) is 35.8 Å². The second kappa shape index (κ2) is 6.92. The van der Waals surface area contributed by atoms with Gasteiger partial charge in [0.2, 0.25) is 17.6 Å². The fourth-order valence-corrected chi connectivity index (χ4v) is 3.28. The molecule has 0 bridgehead atoms. The van der Waals surface area contributed by atoms with Gasteiger partial charge >= 0.3 is 0 Å². The van der Waals surface area contributed by atoms with E-state index in [0.29, 0.717) is 29.7 Å². The molecule has 1 saturated heterocycles. The van der Waals surface area contributed by atoms with Crippen molar-refractivity contribution in [1.82, 2.24) is 10.1 Å². The number of aryl methyl sites for hydroxylation is 1. The number of aromatic nitrogens is 2. The Balaban J connectivity index is 1.52. The number of rotatable bonds is 4. The van der Waals surface area contributed by atoms with Crippen LogP contribution in [0.25, 0.3) is 11.4 Å². The lowest BCUT2D eigenvalue weighted by Gasteiger charge is -2.16. The molecule has 2 aromatic carbocycles. The minimum Gasteiger partial charge on any atom is -0.339 e. The summed E-state index contributed by atoms with van der Waals surface area (Å²) in [6, 6.07) is 15.4. The normalized spacial score (nSPS) is 17.1. The monoisotopic (exact) mass is 367 g/mol. The van der Waals surface area contributed by atoms with Gasteiger partial charge in [0.1, 0.15) is 0 Å². The van der Waals surface area contributed by atoms with Crippen molar-refractivity contribution in [2.24, 2.45) is 0 Å². The van der Waals surface area contributed by atoms with Gasteiger partial charge in [0.15, 0.2) is 0 Å². The SMILES string of the molecule is CCc1ccc(N2C[C@@H](c3nc(-c4ccc(Cl)cc4)no3)CC2=O)cc1. The van der Waals surface area contributed by atoms with Crippen LogP contribution in [0.3, 0.4) is 0 Å². The summed E-state index contributed by atoms with van der Waals surface area (Å²) in [5, 5.41) is 4.70. The quantitative estimate of drug-likeness (QED) is 0.682. The summed E-state index contributed by atoms with van der Waals surface area (Å²) in [5.74, 6) is 0.984. The van der Waals surface area contributed by atoms with Gasteiger partial charge in [0.25, 0.3) is 0 Å². The molecule has 26 heavy (non-hydrogen) atoms. The van der Waals surface area contributed by atoms with E-state index in [9.17, 15) is 4.79 Å². The van der Waals surface area contributed by atoms with Crippen LogP contribution in [0.1, 0.15) is 30.7 Å². The lowest BCUT2D eigenvalue weighted by Crippen LogP contribution is -2.24. The second-order valence-electron chi connectivity index (χ2n) is 6.39. The molecule has 0 saturated carbocycles. The highest BCUT2D eigenvalue weighted by atomic mass is 35.5. The highest BCUT2D eigenvalue weighted by Gasteiger charge is 2.35. The Labute approximate surface area is 156 Å². The van der Waals surface area contributed by atoms with E-state index in [-0.39, 0.29) is 11.8 Å². The smallest absolute Gasteiger partial charge is 0.232 e. The van der Waals surface area contributed by atoms with Crippen molar-refractivity contribution in [3.05, 3.63) is 65.0 Å². The number of hydrogen-bond donors (Lipinski definition) is 0. The molecular formula is C20H18ClN3O2. The number of hydrogen-bond acceptors (Lipinski definition) is 4. The van der Waals surface area contributed by atoms with Crippen LogP contribution in [0, 0.1) is 0 Å². The minimum atomic E-state index is -0.0955. The molecule has 5 nitrogen and oxygen atoms in total. The van der Waals surface area contributed by atoms with E-state index in [1.54, 1.807) is 17.0 Å². The molecule has 0 aliphatic carbocycles. The van der Waals surface area contributed by atoms with Gasteiger partial charge < -0.3 is 9.42 Å². The fourth-order valence-electron chi connectivity index (χ4n) is 3.15. The Morgan fingerprint density at radius 2 is 1.88 bits per heavy atom. The third kappa shape index (κ3) is 3.22. The fraction of sp³-hybridized carbons (Fsp3) is 0.250. The maximum atomic E-state index is 12.4. The number of halogens is 1. The summed E-state index contributed by atoms with van der Waals surface area (Å²) in [5.41, 5.74) is 2.99. The van der Waals surface area contributed by atoms with Crippen LogP contribution in [0.4, 0.5) is 5.69 Å². The molecule has 1 aliphatic rings. The molecule has 1 fully saturated rings. The molecule has 1 atom stereocenters. The zero-order chi connectivity index (χ0) is 18.1. The van der Waals surface area contributed by atoms with Gasteiger partial charge in [-0.15, -0.1) is 0 Å². The molecule has 0 N–H and O–H groups in total. The van der Waals surface area contributed by atoms with Gasteiger partial charge in [0, 0.05) is 29.2 Å². The molecule has 1 aromatic heterocycles. The van der Waals surface area contributed by atoms with Crippen molar-refractivity contribution in [2.75, 3.05) is 11.4 Å². The molecule has 6 heteroatoms. The predicted octanol–water partition coefficient (Wildman–Crippen LogP) is 4.47. The average Bonchev–Trinajstić information content (AvgIpc) is 3.29. The molecule has 0 unspecified atom stereocenters. The topological polar surface area (TPSA) is 59.2 Å². The molecule has 0 spiro atoms. The summed E-state index contributed by atoms with van der Waals surface area (Å²) >= 11 is 5.91. The molecule has 4 rings (SSSR count). The van der Waals surface area contributed by atoms with E-state index in [4.69, 9.17) is 16.1 Å². The first kappa shape index (κ1) is 16.8. The van der Waals surface area contributed by atoms with E-state index in [2.05, 4.69) is 29.2 Å².